The number of nitro groups is 1. The average molecular weight is 497 g/mol. The van der Waals surface area contributed by atoms with Gasteiger partial charge < -0.3 is 4.57 Å². The van der Waals surface area contributed by atoms with Crippen molar-refractivity contribution in [3.05, 3.63) is 92.8 Å². The van der Waals surface area contributed by atoms with Crippen molar-refractivity contribution >= 4 is 48.9 Å². The van der Waals surface area contributed by atoms with E-state index in [1.54, 1.807) is 18.2 Å². The number of non-ortho nitro benzene ring substituents is 1. The van der Waals surface area contributed by atoms with Crippen LogP contribution in [0.2, 0.25) is 0 Å². The maximum atomic E-state index is 12.8. The fourth-order valence-corrected chi connectivity index (χ4v) is 5.51. The number of nitrogens with one attached hydrogen (secondary N) is 1. The van der Waals surface area contributed by atoms with Crippen LogP contribution in [0.15, 0.2) is 76.6 Å². The summed E-state index contributed by atoms with van der Waals surface area (Å²) in [5, 5.41) is 11.1. The zero-order chi connectivity index (χ0) is 24.5. The number of aryl methyl sites for hydroxylation is 2. The van der Waals surface area contributed by atoms with E-state index in [0.29, 0.717) is 21.7 Å². The molecule has 1 N–H and O–H groups in total. The SMILES string of the molecule is CCn1c(=NC(=O)c2ccc(NS(=O)(=O)c3ccc(C)cc3)cc2)sc2cc([N+](=O)[O-])ccc21. The first-order chi connectivity index (χ1) is 16.2. The Morgan fingerprint density at radius 3 is 2.38 bits per heavy atom. The smallest absolute Gasteiger partial charge is 0.279 e. The Hall–Kier alpha value is -3.83. The van der Waals surface area contributed by atoms with Gasteiger partial charge in [0.05, 0.1) is 20.0 Å². The first-order valence-corrected chi connectivity index (χ1v) is 12.5. The van der Waals surface area contributed by atoms with Crippen LogP contribution in [0.1, 0.15) is 22.8 Å². The highest BCUT2D eigenvalue weighted by atomic mass is 32.2. The van der Waals surface area contributed by atoms with Crippen molar-refractivity contribution in [1.29, 1.82) is 0 Å². The van der Waals surface area contributed by atoms with E-state index in [9.17, 15) is 23.3 Å². The van der Waals surface area contributed by atoms with Gasteiger partial charge in [-0.25, -0.2) is 8.42 Å². The van der Waals surface area contributed by atoms with Gasteiger partial charge in [-0.1, -0.05) is 29.0 Å². The number of carbonyl (C=O) groups is 1. The second-order valence-corrected chi connectivity index (χ2v) is 10.1. The number of hydrogen-bond donors (Lipinski definition) is 1. The molecule has 0 unspecified atom stereocenters. The molecular weight excluding hydrogens is 476 g/mol. The first-order valence-electron chi connectivity index (χ1n) is 10.2. The van der Waals surface area contributed by atoms with Crippen LogP contribution in [-0.2, 0) is 16.6 Å². The van der Waals surface area contributed by atoms with Gasteiger partial charge in [0.2, 0.25) is 0 Å². The van der Waals surface area contributed by atoms with E-state index in [4.69, 9.17) is 0 Å². The van der Waals surface area contributed by atoms with Crippen LogP contribution in [0, 0.1) is 17.0 Å². The van der Waals surface area contributed by atoms with Crippen molar-refractivity contribution in [1.82, 2.24) is 4.57 Å². The lowest BCUT2D eigenvalue weighted by atomic mass is 10.2. The Bertz CT molecular complexity index is 1570. The van der Waals surface area contributed by atoms with Gasteiger partial charge in [0.15, 0.2) is 4.80 Å². The third-order valence-electron chi connectivity index (χ3n) is 5.11. The van der Waals surface area contributed by atoms with Crippen LogP contribution in [0.5, 0.6) is 0 Å². The van der Waals surface area contributed by atoms with Gasteiger partial charge in [-0.2, -0.15) is 4.99 Å². The maximum absolute atomic E-state index is 12.8. The quantitative estimate of drug-likeness (QED) is 0.311. The molecule has 9 nitrogen and oxygen atoms in total. The lowest BCUT2D eigenvalue weighted by molar-refractivity contribution is -0.384. The van der Waals surface area contributed by atoms with Crippen molar-refractivity contribution < 1.29 is 18.1 Å². The summed E-state index contributed by atoms with van der Waals surface area (Å²) in [6, 6.07) is 17.0. The minimum Gasteiger partial charge on any atom is -0.317 e. The molecule has 11 heteroatoms. The molecule has 0 atom stereocenters. The molecule has 0 saturated heterocycles. The number of amides is 1. The minimum atomic E-state index is -3.75. The third kappa shape index (κ3) is 4.75. The summed E-state index contributed by atoms with van der Waals surface area (Å²) >= 11 is 1.19. The molecule has 0 radical (unpaired) electrons. The van der Waals surface area contributed by atoms with Crippen molar-refractivity contribution in [2.75, 3.05) is 4.72 Å². The predicted molar refractivity (Wildman–Crippen MR) is 130 cm³/mol. The van der Waals surface area contributed by atoms with Gasteiger partial charge in [-0.15, -0.1) is 0 Å². The van der Waals surface area contributed by atoms with E-state index in [1.165, 1.54) is 59.9 Å². The zero-order valence-corrected chi connectivity index (χ0v) is 19.9. The molecule has 34 heavy (non-hydrogen) atoms. The van der Waals surface area contributed by atoms with Gasteiger partial charge in [0.1, 0.15) is 0 Å². The summed E-state index contributed by atoms with van der Waals surface area (Å²) in [6.07, 6.45) is 0. The van der Waals surface area contributed by atoms with Crippen molar-refractivity contribution in [3.8, 4) is 0 Å². The molecule has 174 valence electrons. The van der Waals surface area contributed by atoms with E-state index in [1.807, 2.05) is 18.4 Å². The highest BCUT2D eigenvalue weighted by Crippen LogP contribution is 2.23. The van der Waals surface area contributed by atoms with Crippen LogP contribution in [0.4, 0.5) is 11.4 Å². The second kappa shape index (κ2) is 9.20. The van der Waals surface area contributed by atoms with Crippen LogP contribution >= 0.6 is 11.3 Å². The molecule has 0 saturated carbocycles. The molecule has 0 aliphatic rings. The van der Waals surface area contributed by atoms with Gasteiger partial charge in [-0.05, 0) is 56.3 Å². The number of thiazole rings is 1. The Balaban J connectivity index is 1.60. The monoisotopic (exact) mass is 496 g/mol. The maximum Gasteiger partial charge on any atom is 0.279 e. The average Bonchev–Trinajstić information content (AvgIpc) is 3.15. The number of anilines is 1. The lowest BCUT2D eigenvalue weighted by Gasteiger charge is -2.08. The number of benzene rings is 3. The molecule has 0 aliphatic heterocycles. The molecule has 1 amide bonds. The fraction of sp³-hybridized carbons (Fsp3) is 0.130. The molecule has 1 heterocycles. The molecule has 0 spiro atoms. The van der Waals surface area contributed by atoms with Crippen LogP contribution in [0.3, 0.4) is 0 Å². The van der Waals surface area contributed by atoms with Crippen LogP contribution < -0.4 is 9.52 Å². The zero-order valence-electron chi connectivity index (χ0n) is 18.3. The summed E-state index contributed by atoms with van der Waals surface area (Å²) < 4.78 is 30.1. The number of hydrogen-bond acceptors (Lipinski definition) is 6. The minimum absolute atomic E-state index is 0.0291. The fourth-order valence-electron chi connectivity index (χ4n) is 3.33. The summed E-state index contributed by atoms with van der Waals surface area (Å²) in [5.41, 5.74) is 2.27. The molecule has 3 aromatic carbocycles. The topological polar surface area (TPSA) is 124 Å². The standard InChI is InChI=1S/C23H20N4O5S2/c1-3-26-20-13-10-18(27(29)30)14-21(20)33-23(26)24-22(28)16-6-8-17(9-7-16)25-34(31,32)19-11-4-15(2)5-12-19/h4-14,25H,3H2,1-2H3. The normalized spacial score (nSPS) is 12.1. The Kier molecular flexibility index (Phi) is 6.31. The summed E-state index contributed by atoms with van der Waals surface area (Å²) in [6.45, 7) is 4.30. The third-order valence-corrected chi connectivity index (χ3v) is 7.54. The molecule has 4 rings (SSSR count). The van der Waals surface area contributed by atoms with E-state index in [-0.39, 0.29) is 16.1 Å². The number of rotatable bonds is 6. The molecule has 1 aromatic heterocycles. The van der Waals surface area contributed by atoms with Crippen LogP contribution in [-0.4, -0.2) is 23.8 Å². The van der Waals surface area contributed by atoms with E-state index >= 15 is 0 Å². The highest BCUT2D eigenvalue weighted by molar-refractivity contribution is 7.92. The van der Waals surface area contributed by atoms with Crippen molar-refractivity contribution in [2.24, 2.45) is 4.99 Å². The number of fused-ring (bicyclic) bond motifs is 1. The van der Waals surface area contributed by atoms with Crippen molar-refractivity contribution in [2.45, 2.75) is 25.3 Å². The van der Waals surface area contributed by atoms with E-state index < -0.39 is 20.9 Å². The van der Waals surface area contributed by atoms with Gasteiger partial charge in [0, 0.05) is 29.9 Å². The second-order valence-electron chi connectivity index (χ2n) is 7.45. The van der Waals surface area contributed by atoms with Gasteiger partial charge in [0.25, 0.3) is 21.6 Å². The Morgan fingerprint density at radius 1 is 1.09 bits per heavy atom. The molecule has 0 bridgehead atoms. The molecule has 0 aliphatic carbocycles. The summed E-state index contributed by atoms with van der Waals surface area (Å²) in [7, 11) is -3.75. The first kappa shape index (κ1) is 23.3. The van der Waals surface area contributed by atoms with E-state index in [2.05, 4.69) is 9.71 Å². The molecular formula is C23H20N4O5S2. The molecule has 0 fully saturated rings. The van der Waals surface area contributed by atoms with Crippen LogP contribution in [0.25, 0.3) is 10.2 Å². The van der Waals surface area contributed by atoms with Gasteiger partial charge >= 0.3 is 0 Å². The van der Waals surface area contributed by atoms with E-state index in [0.717, 1.165) is 11.1 Å². The number of nitro benzene ring substituents is 1. The predicted octanol–water partition coefficient (Wildman–Crippen LogP) is 4.48. The summed E-state index contributed by atoms with van der Waals surface area (Å²) in [5.74, 6) is -0.504. The van der Waals surface area contributed by atoms with Gasteiger partial charge in [-0.3, -0.25) is 19.6 Å². The Morgan fingerprint density at radius 2 is 1.76 bits per heavy atom. The number of sulfonamides is 1. The lowest BCUT2D eigenvalue weighted by Crippen LogP contribution is -2.16. The number of aromatic nitrogens is 1. The van der Waals surface area contributed by atoms with Crippen molar-refractivity contribution in [3.63, 3.8) is 0 Å². The number of nitrogens with zero attached hydrogens (tertiary/aromatic N) is 3. The summed E-state index contributed by atoms with van der Waals surface area (Å²) in [4.78, 5) is 28.1. The Labute approximate surface area is 199 Å². The molecule has 4 aromatic rings. The largest absolute Gasteiger partial charge is 0.317 e. The number of carbonyl (C=O) groups excluding carboxylic acids is 1. The highest BCUT2D eigenvalue weighted by Gasteiger charge is 2.15.